The minimum atomic E-state index is -0.358. The summed E-state index contributed by atoms with van der Waals surface area (Å²) in [6, 6.07) is 17.7. The van der Waals surface area contributed by atoms with Crippen molar-refractivity contribution < 1.29 is 19.1 Å². The van der Waals surface area contributed by atoms with Gasteiger partial charge in [-0.25, -0.2) is 0 Å². The molecule has 0 spiro atoms. The molecule has 31 heavy (non-hydrogen) atoms. The third-order valence-electron chi connectivity index (χ3n) is 6.32. The van der Waals surface area contributed by atoms with E-state index < -0.39 is 0 Å². The fraction of sp³-hybridized carbons (Fsp3) is 0.200. The van der Waals surface area contributed by atoms with Crippen molar-refractivity contribution in [2.24, 2.45) is 5.92 Å². The van der Waals surface area contributed by atoms with Crippen molar-refractivity contribution in [3.63, 3.8) is 0 Å². The molecule has 3 aromatic carbocycles. The molecule has 2 aliphatic heterocycles. The van der Waals surface area contributed by atoms with Gasteiger partial charge in [-0.05, 0) is 30.7 Å². The van der Waals surface area contributed by atoms with Gasteiger partial charge in [0.15, 0.2) is 11.6 Å². The first kappa shape index (κ1) is 18.6. The number of hydrogen-bond donors (Lipinski definition) is 1. The predicted molar refractivity (Wildman–Crippen MR) is 116 cm³/mol. The Kier molecular flexibility index (Phi) is 4.16. The zero-order valence-corrected chi connectivity index (χ0v) is 17.2. The molecule has 3 aliphatic rings. The highest BCUT2D eigenvalue weighted by atomic mass is 35.5. The number of halogens is 1. The van der Waals surface area contributed by atoms with Gasteiger partial charge in [-0.1, -0.05) is 48.0 Å². The molecule has 3 aromatic rings. The van der Waals surface area contributed by atoms with Gasteiger partial charge in [-0.2, -0.15) is 0 Å². The summed E-state index contributed by atoms with van der Waals surface area (Å²) < 4.78 is 11.8. The second kappa shape index (κ2) is 6.94. The molecule has 0 aromatic heterocycles. The van der Waals surface area contributed by atoms with E-state index in [2.05, 4.69) is 5.32 Å². The van der Waals surface area contributed by atoms with Gasteiger partial charge in [0, 0.05) is 38.9 Å². The number of carbonyl (C=O) groups is 2. The molecule has 0 amide bonds. The number of benzene rings is 3. The third kappa shape index (κ3) is 2.81. The second-order valence-corrected chi connectivity index (χ2v) is 8.48. The van der Waals surface area contributed by atoms with E-state index in [9.17, 15) is 9.59 Å². The normalized spacial score (nSPS) is 23.3. The highest BCUT2D eigenvalue weighted by Crippen LogP contribution is 2.46. The van der Waals surface area contributed by atoms with Crippen molar-refractivity contribution in [2.75, 3.05) is 11.9 Å². The monoisotopic (exact) mass is 431 g/mol. The summed E-state index contributed by atoms with van der Waals surface area (Å²) in [5.74, 6) is 0.489. The van der Waals surface area contributed by atoms with E-state index in [1.54, 1.807) is 42.5 Å². The van der Waals surface area contributed by atoms with Crippen molar-refractivity contribution in [1.82, 2.24) is 0 Å². The maximum Gasteiger partial charge on any atom is 0.205 e. The van der Waals surface area contributed by atoms with Crippen LogP contribution in [0.25, 0.3) is 0 Å². The first-order chi connectivity index (χ1) is 15.1. The van der Waals surface area contributed by atoms with Crippen LogP contribution in [-0.4, -0.2) is 24.5 Å². The lowest BCUT2D eigenvalue weighted by Crippen LogP contribution is -2.36. The highest BCUT2D eigenvalue weighted by Gasteiger charge is 2.43. The molecule has 1 N–H and O–H groups in total. The quantitative estimate of drug-likeness (QED) is 0.482. The van der Waals surface area contributed by atoms with Gasteiger partial charge in [-0.3, -0.25) is 9.59 Å². The van der Waals surface area contributed by atoms with Gasteiger partial charge in [-0.15, -0.1) is 0 Å². The first-order valence-electron chi connectivity index (χ1n) is 10.3. The van der Waals surface area contributed by atoms with Crippen LogP contribution in [0.4, 0.5) is 5.69 Å². The van der Waals surface area contributed by atoms with Crippen LogP contribution in [-0.2, 0) is 4.74 Å². The maximum atomic E-state index is 13.4. The van der Waals surface area contributed by atoms with Crippen LogP contribution in [0.3, 0.4) is 0 Å². The Bertz CT molecular complexity index is 1250. The number of anilines is 1. The topological polar surface area (TPSA) is 64.6 Å². The summed E-state index contributed by atoms with van der Waals surface area (Å²) in [5.41, 5.74) is 3.28. The first-order valence-corrected chi connectivity index (χ1v) is 10.7. The lowest BCUT2D eigenvalue weighted by atomic mass is 9.82. The number of fused-ring (bicyclic) bond motifs is 4. The largest absolute Gasteiger partial charge is 0.464 e. The summed E-state index contributed by atoms with van der Waals surface area (Å²) in [7, 11) is 0. The molecular formula is C25H18ClNO4. The SMILES string of the molecule is O=C1c2ccccc2C(=O)c2c(N[C@@H]3c4cc(Cl)ccc4O[C@@H]4OCC[C@@H]43)cccc21. The predicted octanol–water partition coefficient (Wildman–Crippen LogP) is 5.02. The zero-order valence-electron chi connectivity index (χ0n) is 16.4. The van der Waals surface area contributed by atoms with Gasteiger partial charge in [0.1, 0.15) is 5.75 Å². The number of hydrogen-bond acceptors (Lipinski definition) is 5. The molecule has 0 radical (unpaired) electrons. The van der Waals surface area contributed by atoms with Gasteiger partial charge in [0.05, 0.1) is 18.2 Å². The smallest absolute Gasteiger partial charge is 0.205 e. The molecule has 6 heteroatoms. The second-order valence-electron chi connectivity index (χ2n) is 8.05. The van der Waals surface area contributed by atoms with E-state index >= 15 is 0 Å². The Hall–Kier alpha value is -3.15. The Labute approximate surface area is 183 Å². The van der Waals surface area contributed by atoms with Crippen LogP contribution in [0.15, 0.2) is 60.7 Å². The van der Waals surface area contributed by atoms with Gasteiger partial charge < -0.3 is 14.8 Å². The standard InChI is InChI=1S/C25H18ClNO4/c26-13-8-9-20-18(12-13)22(17-10-11-30-25(17)31-20)27-19-7-3-6-16-21(19)24(29)15-5-2-1-4-14(15)23(16)28/h1-9,12,17,22,25,27H,10-11H2/t17-,22+,25+/m1/s1. The van der Waals surface area contributed by atoms with E-state index in [1.165, 1.54) is 0 Å². The van der Waals surface area contributed by atoms with Crippen LogP contribution in [0.5, 0.6) is 5.75 Å². The Morgan fingerprint density at radius 1 is 0.903 bits per heavy atom. The van der Waals surface area contributed by atoms with Gasteiger partial charge in [0.2, 0.25) is 6.29 Å². The number of ketones is 2. The van der Waals surface area contributed by atoms with Crippen LogP contribution in [0.2, 0.25) is 5.02 Å². The molecule has 2 heterocycles. The molecule has 0 unspecified atom stereocenters. The highest BCUT2D eigenvalue weighted by molar-refractivity contribution is 6.31. The zero-order chi connectivity index (χ0) is 21.1. The number of carbonyl (C=O) groups excluding carboxylic acids is 2. The molecule has 1 saturated heterocycles. The van der Waals surface area contributed by atoms with Crippen LogP contribution in [0, 0.1) is 5.92 Å². The van der Waals surface area contributed by atoms with E-state index in [1.807, 2.05) is 18.2 Å². The number of nitrogens with one attached hydrogen (secondary N) is 1. The van der Waals surface area contributed by atoms with E-state index in [0.29, 0.717) is 45.3 Å². The van der Waals surface area contributed by atoms with Crippen molar-refractivity contribution in [3.05, 3.63) is 93.5 Å². The summed E-state index contributed by atoms with van der Waals surface area (Å²) in [5, 5.41) is 4.17. The minimum absolute atomic E-state index is 0.0588. The van der Waals surface area contributed by atoms with Gasteiger partial charge >= 0.3 is 0 Å². The van der Waals surface area contributed by atoms with Crippen LogP contribution in [0.1, 0.15) is 49.9 Å². The fourth-order valence-electron chi connectivity index (χ4n) is 4.87. The summed E-state index contributed by atoms with van der Waals surface area (Å²) in [6.45, 7) is 0.604. The Balaban J connectivity index is 1.47. The molecule has 1 fully saturated rings. The van der Waals surface area contributed by atoms with Crippen molar-refractivity contribution in [2.45, 2.75) is 18.8 Å². The summed E-state index contributed by atoms with van der Waals surface area (Å²) >= 11 is 6.29. The molecule has 154 valence electrons. The van der Waals surface area contributed by atoms with Crippen LogP contribution < -0.4 is 10.1 Å². The number of rotatable bonds is 2. The van der Waals surface area contributed by atoms with Crippen LogP contribution >= 0.6 is 11.6 Å². The molecule has 1 aliphatic carbocycles. The molecule has 0 bridgehead atoms. The lowest BCUT2D eigenvalue weighted by molar-refractivity contribution is -0.0747. The average molecular weight is 432 g/mol. The molecule has 6 rings (SSSR count). The molecule has 3 atom stereocenters. The molecular weight excluding hydrogens is 414 g/mol. The van der Waals surface area contributed by atoms with Gasteiger partial charge in [0.25, 0.3) is 0 Å². The van der Waals surface area contributed by atoms with Crippen molar-refractivity contribution >= 4 is 28.9 Å². The van der Waals surface area contributed by atoms with E-state index in [0.717, 1.165) is 12.0 Å². The number of ether oxygens (including phenoxy) is 2. The summed E-state index contributed by atoms with van der Waals surface area (Å²) in [4.78, 5) is 26.5. The Morgan fingerprint density at radius 2 is 1.68 bits per heavy atom. The third-order valence-corrected chi connectivity index (χ3v) is 6.56. The molecule has 0 saturated carbocycles. The maximum absolute atomic E-state index is 13.4. The fourth-order valence-corrected chi connectivity index (χ4v) is 5.05. The average Bonchev–Trinajstić information content (AvgIpc) is 3.26. The van der Waals surface area contributed by atoms with E-state index in [-0.39, 0.29) is 29.8 Å². The lowest BCUT2D eigenvalue weighted by Gasteiger charge is -2.36. The minimum Gasteiger partial charge on any atom is -0.464 e. The van der Waals surface area contributed by atoms with E-state index in [4.69, 9.17) is 21.1 Å². The Morgan fingerprint density at radius 3 is 2.52 bits per heavy atom. The van der Waals surface area contributed by atoms with Crippen molar-refractivity contribution in [3.8, 4) is 5.75 Å². The van der Waals surface area contributed by atoms with Crippen molar-refractivity contribution in [1.29, 1.82) is 0 Å². The molecule has 5 nitrogen and oxygen atoms in total. The summed E-state index contributed by atoms with van der Waals surface area (Å²) in [6.07, 6.45) is 0.461.